The molecule has 3 unspecified atom stereocenters. The van der Waals surface area contributed by atoms with Crippen LogP contribution >= 0.6 is 0 Å². The molecule has 4 rings (SSSR count). The fourth-order valence-electron chi connectivity index (χ4n) is 3.78. The Morgan fingerprint density at radius 3 is 2.86 bits per heavy atom. The molecule has 0 aromatic heterocycles. The Labute approximate surface area is 124 Å². The van der Waals surface area contributed by atoms with E-state index in [1.807, 2.05) is 23.1 Å². The second-order valence-electron chi connectivity index (χ2n) is 6.14. The van der Waals surface area contributed by atoms with Crippen molar-refractivity contribution in [2.24, 2.45) is 11.8 Å². The number of hydrogen-bond acceptors (Lipinski definition) is 4. The van der Waals surface area contributed by atoms with E-state index in [2.05, 4.69) is 12.2 Å². The van der Waals surface area contributed by atoms with Gasteiger partial charge in [-0.05, 0) is 37.0 Å². The summed E-state index contributed by atoms with van der Waals surface area (Å²) in [7, 11) is 0. The first-order valence-corrected chi connectivity index (χ1v) is 7.65. The molecule has 0 radical (unpaired) electrons. The van der Waals surface area contributed by atoms with Crippen molar-refractivity contribution in [1.82, 2.24) is 10.2 Å². The minimum atomic E-state index is 0.105. The Balaban J connectivity index is 1.57. The Morgan fingerprint density at radius 1 is 1.24 bits per heavy atom. The maximum Gasteiger partial charge on any atom is 0.254 e. The van der Waals surface area contributed by atoms with Crippen LogP contribution in [0.4, 0.5) is 0 Å². The third kappa shape index (κ3) is 2.07. The fourth-order valence-corrected chi connectivity index (χ4v) is 3.78. The molecule has 3 heterocycles. The van der Waals surface area contributed by atoms with Gasteiger partial charge in [0, 0.05) is 31.2 Å². The van der Waals surface area contributed by atoms with Crippen molar-refractivity contribution in [3.63, 3.8) is 0 Å². The number of hydrogen-bond donors (Lipinski definition) is 1. The number of carbonyl (C=O) groups excluding carboxylic acids is 1. The zero-order valence-corrected chi connectivity index (χ0v) is 12.2. The van der Waals surface area contributed by atoms with Crippen LogP contribution in [0.3, 0.4) is 0 Å². The van der Waals surface area contributed by atoms with E-state index in [9.17, 15) is 4.79 Å². The Morgan fingerprint density at radius 2 is 2.05 bits per heavy atom. The van der Waals surface area contributed by atoms with Crippen molar-refractivity contribution >= 4 is 5.91 Å². The molecule has 1 amide bonds. The molecule has 3 atom stereocenters. The molecule has 3 aliphatic heterocycles. The highest BCUT2D eigenvalue weighted by molar-refractivity contribution is 5.95. The first kappa shape index (κ1) is 13.0. The van der Waals surface area contributed by atoms with E-state index in [1.165, 1.54) is 0 Å². The monoisotopic (exact) mass is 288 g/mol. The highest BCUT2D eigenvalue weighted by atomic mass is 16.6. The summed E-state index contributed by atoms with van der Waals surface area (Å²) < 4.78 is 11.1. The van der Waals surface area contributed by atoms with E-state index in [1.54, 1.807) is 0 Å². The van der Waals surface area contributed by atoms with Crippen LogP contribution in [0, 0.1) is 11.8 Å². The Bertz CT molecular complexity index is 575. The Hall–Kier alpha value is -1.75. The van der Waals surface area contributed by atoms with Gasteiger partial charge >= 0.3 is 0 Å². The summed E-state index contributed by atoms with van der Waals surface area (Å²) >= 11 is 0. The number of carbonyl (C=O) groups is 1. The summed E-state index contributed by atoms with van der Waals surface area (Å²) in [6.45, 7) is 6.18. The minimum absolute atomic E-state index is 0.105. The van der Waals surface area contributed by atoms with E-state index < -0.39 is 0 Å². The molecule has 1 aromatic carbocycles. The SMILES string of the molecule is CC1C2CNCC2CN1C(=O)c1ccc2c(c1)OCCO2. The number of fused-ring (bicyclic) bond motifs is 2. The average Bonchev–Trinajstić information content (AvgIpc) is 3.09. The zero-order valence-electron chi connectivity index (χ0n) is 12.2. The van der Waals surface area contributed by atoms with Gasteiger partial charge in [-0.15, -0.1) is 0 Å². The summed E-state index contributed by atoms with van der Waals surface area (Å²) in [5.74, 6) is 2.70. The summed E-state index contributed by atoms with van der Waals surface area (Å²) in [5, 5.41) is 3.42. The number of rotatable bonds is 1. The van der Waals surface area contributed by atoms with Crippen molar-refractivity contribution in [1.29, 1.82) is 0 Å². The van der Waals surface area contributed by atoms with Crippen LogP contribution < -0.4 is 14.8 Å². The Kier molecular flexibility index (Phi) is 3.03. The second kappa shape index (κ2) is 4.91. The maximum absolute atomic E-state index is 12.8. The summed E-state index contributed by atoms with van der Waals surface area (Å²) in [5.41, 5.74) is 0.694. The van der Waals surface area contributed by atoms with Gasteiger partial charge < -0.3 is 19.7 Å². The molecule has 112 valence electrons. The minimum Gasteiger partial charge on any atom is -0.486 e. The summed E-state index contributed by atoms with van der Waals surface area (Å²) in [6, 6.07) is 5.79. The number of nitrogens with one attached hydrogen (secondary N) is 1. The lowest BCUT2D eigenvalue weighted by Crippen LogP contribution is -2.38. The van der Waals surface area contributed by atoms with Crippen LogP contribution in [0.2, 0.25) is 0 Å². The number of ether oxygens (including phenoxy) is 2. The summed E-state index contributed by atoms with van der Waals surface area (Å²) in [4.78, 5) is 14.8. The predicted molar refractivity (Wildman–Crippen MR) is 77.8 cm³/mol. The molecule has 0 bridgehead atoms. The molecule has 5 nitrogen and oxygen atoms in total. The number of likely N-dealkylation sites (tertiary alicyclic amines) is 1. The standard InChI is InChI=1S/C16H20N2O3/c1-10-13-8-17-7-12(13)9-18(10)16(19)11-2-3-14-15(6-11)21-5-4-20-14/h2-3,6,10,12-13,17H,4-5,7-9H2,1H3. The number of amides is 1. The van der Waals surface area contributed by atoms with Gasteiger partial charge in [-0.3, -0.25) is 4.79 Å². The van der Waals surface area contributed by atoms with E-state index >= 15 is 0 Å². The third-order valence-corrected chi connectivity index (χ3v) is 4.98. The molecular weight excluding hydrogens is 268 g/mol. The summed E-state index contributed by atoms with van der Waals surface area (Å²) in [6.07, 6.45) is 0. The van der Waals surface area contributed by atoms with Crippen molar-refractivity contribution in [2.75, 3.05) is 32.8 Å². The van der Waals surface area contributed by atoms with E-state index in [-0.39, 0.29) is 5.91 Å². The van der Waals surface area contributed by atoms with Crippen LogP contribution in [0.1, 0.15) is 17.3 Å². The molecular formula is C16H20N2O3. The molecule has 1 N–H and O–H groups in total. The second-order valence-corrected chi connectivity index (χ2v) is 6.14. The van der Waals surface area contributed by atoms with Crippen molar-refractivity contribution in [3.05, 3.63) is 23.8 Å². The molecule has 1 aromatic rings. The van der Waals surface area contributed by atoms with Gasteiger partial charge in [-0.25, -0.2) is 0 Å². The molecule has 2 fully saturated rings. The largest absolute Gasteiger partial charge is 0.486 e. The molecule has 5 heteroatoms. The van der Waals surface area contributed by atoms with Crippen LogP contribution in [0.25, 0.3) is 0 Å². The van der Waals surface area contributed by atoms with Crippen LogP contribution in [0.5, 0.6) is 11.5 Å². The van der Waals surface area contributed by atoms with Crippen molar-refractivity contribution in [2.45, 2.75) is 13.0 Å². The lowest BCUT2D eigenvalue weighted by atomic mass is 9.95. The molecule has 0 aliphatic carbocycles. The first-order valence-electron chi connectivity index (χ1n) is 7.65. The average molecular weight is 288 g/mol. The van der Waals surface area contributed by atoms with E-state index in [0.29, 0.717) is 42.4 Å². The van der Waals surface area contributed by atoms with Crippen LogP contribution in [-0.2, 0) is 0 Å². The van der Waals surface area contributed by atoms with Gasteiger partial charge in [0.1, 0.15) is 13.2 Å². The topological polar surface area (TPSA) is 50.8 Å². The first-order chi connectivity index (χ1) is 10.2. The van der Waals surface area contributed by atoms with Gasteiger partial charge in [-0.2, -0.15) is 0 Å². The maximum atomic E-state index is 12.8. The van der Waals surface area contributed by atoms with Crippen molar-refractivity contribution in [3.8, 4) is 11.5 Å². The van der Waals surface area contributed by atoms with Crippen molar-refractivity contribution < 1.29 is 14.3 Å². The highest BCUT2D eigenvalue weighted by Crippen LogP contribution is 2.35. The van der Waals surface area contributed by atoms with Crippen LogP contribution in [0.15, 0.2) is 18.2 Å². The smallest absolute Gasteiger partial charge is 0.254 e. The zero-order chi connectivity index (χ0) is 14.4. The lowest BCUT2D eigenvalue weighted by molar-refractivity contribution is 0.0727. The lowest BCUT2D eigenvalue weighted by Gasteiger charge is -2.25. The number of nitrogens with zero attached hydrogens (tertiary/aromatic N) is 1. The molecule has 2 saturated heterocycles. The van der Waals surface area contributed by atoms with Crippen LogP contribution in [-0.4, -0.2) is 49.7 Å². The van der Waals surface area contributed by atoms with Gasteiger partial charge in [0.2, 0.25) is 0 Å². The van der Waals surface area contributed by atoms with Gasteiger partial charge in [-0.1, -0.05) is 0 Å². The van der Waals surface area contributed by atoms with Gasteiger partial charge in [0.05, 0.1) is 0 Å². The third-order valence-electron chi connectivity index (χ3n) is 4.98. The van der Waals surface area contributed by atoms with E-state index in [4.69, 9.17) is 9.47 Å². The molecule has 0 saturated carbocycles. The van der Waals surface area contributed by atoms with Gasteiger partial charge in [0.25, 0.3) is 5.91 Å². The number of benzene rings is 1. The normalized spacial score (nSPS) is 30.3. The molecule has 3 aliphatic rings. The quantitative estimate of drug-likeness (QED) is 0.842. The molecule has 21 heavy (non-hydrogen) atoms. The molecule has 0 spiro atoms. The van der Waals surface area contributed by atoms with E-state index in [0.717, 1.165) is 25.4 Å². The van der Waals surface area contributed by atoms with Gasteiger partial charge in [0.15, 0.2) is 11.5 Å². The fraction of sp³-hybridized carbons (Fsp3) is 0.562. The predicted octanol–water partition coefficient (Wildman–Crippen LogP) is 1.14. The highest BCUT2D eigenvalue weighted by Gasteiger charge is 2.43.